The Balaban J connectivity index is 1.26. The number of carbonyl (C=O) groups is 2. The van der Waals surface area contributed by atoms with Crippen LogP contribution in [0, 0.1) is 0 Å². The van der Waals surface area contributed by atoms with Crippen LogP contribution in [0.5, 0.6) is 0 Å². The van der Waals surface area contributed by atoms with Gasteiger partial charge in [0.2, 0.25) is 5.91 Å². The quantitative estimate of drug-likeness (QED) is 0.319. The molecule has 0 saturated carbocycles. The van der Waals surface area contributed by atoms with Crippen molar-refractivity contribution in [2.45, 2.75) is 63.5 Å². The third-order valence-corrected chi connectivity index (χ3v) is 9.02. The first kappa shape index (κ1) is 29.6. The van der Waals surface area contributed by atoms with E-state index < -0.39 is 0 Å². The number of piperidine rings is 1. The van der Waals surface area contributed by atoms with Crippen molar-refractivity contribution in [3.63, 3.8) is 0 Å². The molecule has 0 bridgehead atoms. The number of rotatable bonds is 10. The molecule has 2 saturated heterocycles. The van der Waals surface area contributed by atoms with Gasteiger partial charge in [-0.2, -0.15) is 0 Å². The first-order valence-corrected chi connectivity index (χ1v) is 15.7. The Morgan fingerprint density at radius 2 is 1.76 bits per heavy atom. The van der Waals surface area contributed by atoms with Gasteiger partial charge in [-0.05, 0) is 85.8 Å². The zero-order chi connectivity index (χ0) is 28.6. The molecule has 3 aromatic carbocycles. The molecule has 0 aliphatic carbocycles. The smallest absolute Gasteiger partial charge is 0.251 e. The second kappa shape index (κ2) is 14.3. The molecule has 0 spiro atoms. The number of hydrogen-bond acceptors (Lipinski definition) is 4. The Labute approximate surface area is 249 Å². The number of likely N-dealkylation sites (tertiary alicyclic amines) is 1. The van der Waals surface area contributed by atoms with Crippen LogP contribution in [0.3, 0.4) is 0 Å². The molecule has 2 amide bonds. The fraction of sp³-hybridized carbons (Fsp3) is 0.471. The summed E-state index contributed by atoms with van der Waals surface area (Å²) in [5.74, 6) is 0.351. The minimum absolute atomic E-state index is 0.0234. The highest BCUT2D eigenvalue weighted by atomic mass is 35.5. The number of benzene rings is 3. The molecule has 2 aliphatic heterocycles. The summed E-state index contributed by atoms with van der Waals surface area (Å²) < 4.78 is 0. The van der Waals surface area contributed by atoms with Crippen LogP contribution in [0.2, 0.25) is 5.02 Å². The molecule has 3 atom stereocenters. The Bertz CT molecular complexity index is 1310. The summed E-state index contributed by atoms with van der Waals surface area (Å²) in [7, 11) is 0. The number of nitrogens with one attached hydrogen (secondary N) is 2. The Morgan fingerprint density at radius 1 is 1.00 bits per heavy atom. The zero-order valence-electron chi connectivity index (χ0n) is 24.2. The topological polar surface area (TPSA) is 64.7 Å². The second-order valence-electron chi connectivity index (χ2n) is 11.6. The van der Waals surface area contributed by atoms with E-state index in [0.717, 1.165) is 54.7 Å². The average Bonchev–Trinajstić information content (AvgIpc) is 3.16. The predicted molar refractivity (Wildman–Crippen MR) is 168 cm³/mol. The number of fused-ring (bicyclic) bond motifs is 1. The van der Waals surface area contributed by atoms with Gasteiger partial charge in [-0.25, -0.2) is 0 Å². The molecule has 2 fully saturated rings. The van der Waals surface area contributed by atoms with Crippen molar-refractivity contribution in [1.82, 2.24) is 20.4 Å². The van der Waals surface area contributed by atoms with Crippen LogP contribution in [-0.2, 0) is 4.79 Å². The van der Waals surface area contributed by atoms with Crippen LogP contribution in [0.25, 0.3) is 10.8 Å². The second-order valence-corrected chi connectivity index (χ2v) is 12.0. The lowest BCUT2D eigenvalue weighted by Crippen LogP contribution is -2.50. The third kappa shape index (κ3) is 7.88. The van der Waals surface area contributed by atoms with Crippen molar-refractivity contribution in [3.05, 3.63) is 82.9 Å². The highest BCUT2D eigenvalue weighted by Gasteiger charge is 2.32. The number of amides is 2. The molecular formula is C34H43ClN4O2. The maximum absolute atomic E-state index is 13.9. The molecule has 2 aliphatic rings. The molecule has 5 rings (SSSR count). The standard InChI is InChI=1S/C34H43ClN4O2/c1-2-25(27-12-14-30(35)15-13-27)24-39-21-16-31(37-32(34(39)41)17-20-38-18-6-3-7-19-38)23-36-33(40)29-11-10-26-8-4-5-9-28(26)22-29/h4-5,8-15,22,25,31-32,37H,2-3,6-7,16-21,23-24H2,1H3,(H,36,40)/t25-,31-,32-/m0/s1. The van der Waals surface area contributed by atoms with Gasteiger partial charge in [0.05, 0.1) is 6.04 Å². The van der Waals surface area contributed by atoms with Gasteiger partial charge in [-0.3, -0.25) is 9.59 Å². The highest BCUT2D eigenvalue weighted by molar-refractivity contribution is 6.30. The van der Waals surface area contributed by atoms with Gasteiger partial charge in [-0.15, -0.1) is 0 Å². The molecule has 0 unspecified atom stereocenters. The predicted octanol–water partition coefficient (Wildman–Crippen LogP) is 5.85. The lowest BCUT2D eigenvalue weighted by atomic mass is 9.95. The number of carbonyl (C=O) groups excluding carboxylic acids is 2. The molecular weight excluding hydrogens is 532 g/mol. The first-order chi connectivity index (χ1) is 20.0. The number of nitrogens with zero attached hydrogens (tertiary/aromatic N) is 2. The van der Waals surface area contributed by atoms with Crippen LogP contribution < -0.4 is 10.6 Å². The van der Waals surface area contributed by atoms with Gasteiger partial charge in [0.15, 0.2) is 0 Å². The molecule has 0 aromatic heterocycles. The molecule has 7 heteroatoms. The Hall–Kier alpha value is -2.93. The van der Waals surface area contributed by atoms with Crippen molar-refractivity contribution in [2.24, 2.45) is 0 Å². The van der Waals surface area contributed by atoms with E-state index in [1.54, 1.807) is 0 Å². The molecule has 41 heavy (non-hydrogen) atoms. The summed E-state index contributed by atoms with van der Waals surface area (Å²) in [4.78, 5) is 31.6. The van der Waals surface area contributed by atoms with Crippen LogP contribution in [0.1, 0.15) is 67.3 Å². The fourth-order valence-corrected chi connectivity index (χ4v) is 6.37. The summed E-state index contributed by atoms with van der Waals surface area (Å²) in [6.07, 6.45) is 6.29. The van der Waals surface area contributed by atoms with Crippen molar-refractivity contribution in [3.8, 4) is 0 Å². The SMILES string of the molecule is CC[C@@H](CN1CC[C@@H](CNC(=O)c2ccc3ccccc3c2)N[C@@H](CCN2CCCCC2)C1=O)c1ccc(Cl)cc1. The van der Waals surface area contributed by atoms with E-state index in [0.29, 0.717) is 25.2 Å². The summed E-state index contributed by atoms with van der Waals surface area (Å²) in [6, 6.07) is 21.7. The van der Waals surface area contributed by atoms with Crippen LogP contribution in [0.4, 0.5) is 0 Å². The van der Waals surface area contributed by atoms with Crippen molar-refractivity contribution in [1.29, 1.82) is 0 Å². The van der Waals surface area contributed by atoms with Crippen molar-refractivity contribution in [2.75, 3.05) is 39.3 Å². The summed E-state index contributed by atoms with van der Waals surface area (Å²) in [5.41, 5.74) is 1.87. The summed E-state index contributed by atoms with van der Waals surface area (Å²) in [5, 5.41) is 9.71. The van der Waals surface area contributed by atoms with E-state index in [4.69, 9.17) is 11.6 Å². The van der Waals surface area contributed by atoms with Gasteiger partial charge in [0.1, 0.15) is 0 Å². The Morgan fingerprint density at radius 3 is 2.51 bits per heavy atom. The van der Waals surface area contributed by atoms with Crippen LogP contribution in [-0.4, -0.2) is 73.0 Å². The van der Waals surface area contributed by atoms with E-state index in [2.05, 4.69) is 45.6 Å². The average molecular weight is 575 g/mol. The summed E-state index contributed by atoms with van der Waals surface area (Å²) in [6.45, 7) is 7.18. The van der Waals surface area contributed by atoms with Gasteiger partial charge in [0.25, 0.3) is 5.91 Å². The highest BCUT2D eigenvalue weighted by Crippen LogP contribution is 2.25. The molecule has 2 N–H and O–H groups in total. The van der Waals surface area contributed by atoms with Gasteiger partial charge in [-0.1, -0.05) is 67.4 Å². The minimum Gasteiger partial charge on any atom is -0.350 e. The van der Waals surface area contributed by atoms with Crippen molar-refractivity contribution < 1.29 is 9.59 Å². The lowest BCUT2D eigenvalue weighted by Gasteiger charge is -2.31. The summed E-state index contributed by atoms with van der Waals surface area (Å²) >= 11 is 6.14. The zero-order valence-corrected chi connectivity index (χ0v) is 24.9. The minimum atomic E-state index is -0.260. The molecule has 6 nitrogen and oxygen atoms in total. The van der Waals surface area contributed by atoms with Crippen molar-refractivity contribution >= 4 is 34.2 Å². The van der Waals surface area contributed by atoms with E-state index in [1.165, 1.54) is 24.8 Å². The van der Waals surface area contributed by atoms with Gasteiger partial charge in [0, 0.05) is 48.7 Å². The van der Waals surface area contributed by atoms with E-state index in [-0.39, 0.29) is 29.8 Å². The van der Waals surface area contributed by atoms with Crippen LogP contribution in [0.15, 0.2) is 66.7 Å². The van der Waals surface area contributed by atoms with Gasteiger partial charge >= 0.3 is 0 Å². The maximum atomic E-state index is 13.9. The Kier molecular flexibility index (Phi) is 10.3. The number of hydrogen-bond donors (Lipinski definition) is 2. The molecule has 2 heterocycles. The largest absolute Gasteiger partial charge is 0.350 e. The van der Waals surface area contributed by atoms with Gasteiger partial charge < -0.3 is 20.4 Å². The molecule has 0 radical (unpaired) electrons. The first-order valence-electron chi connectivity index (χ1n) is 15.3. The van der Waals surface area contributed by atoms with E-state index in [1.807, 2.05) is 48.5 Å². The normalized spacial score (nSPS) is 21.0. The van der Waals surface area contributed by atoms with E-state index in [9.17, 15) is 9.59 Å². The maximum Gasteiger partial charge on any atom is 0.251 e. The fourth-order valence-electron chi connectivity index (χ4n) is 6.24. The molecule has 218 valence electrons. The number of halogens is 1. The molecule has 3 aromatic rings. The van der Waals surface area contributed by atoms with E-state index >= 15 is 0 Å². The lowest BCUT2D eigenvalue weighted by molar-refractivity contribution is -0.133. The monoisotopic (exact) mass is 574 g/mol. The van der Waals surface area contributed by atoms with Crippen LogP contribution >= 0.6 is 11.6 Å². The third-order valence-electron chi connectivity index (χ3n) is 8.77.